The van der Waals surface area contributed by atoms with E-state index in [-0.39, 0.29) is 0 Å². The average molecular weight is 225 g/mol. The highest BCUT2D eigenvalue weighted by atomic mass is 16.2. The molecule has 0 aromatic rings. The highest BCUT2D eigenvalue weighted by Gasteiger charge is 2.39. The van der Waals surface area contributed by atoms with Crippen molar-refractivity contribution < 1.29 is 5.11 Å². The van der Waals surface area contributed by atoms with Crippen LogP contribution in [0.4, 0.5) is 0 Å². The van der Waals surface area contributed by atoms with E-state index in [4.69, 9.17) is 5.11 Å². The lowest BCUT2D eigenvalue weighted by Gasteiger charge is -2.33. The minimum atomic E-state index is 0.363. The summed E-state index contributed by atoms with van der Waals surface area (Å²) >= 11 is 0. The number of likely N-dealkylation sites (tertiary alicyclic amines) is 1. The maximum absolute atomic E-state index is 8.78. The highest BCUT2D eigenvalue weighted by molar-refractivity contribution is 4.93. The average Bonchev–Trinajstić information content (AvgIpc) is 2.61. The number of aliphatic hydroxyl groups is 1. The Morgan fingerprint density at radius 2 is 1.94 bits per heavy atom. The third-order valence-electron chi connectivity index (χ3n) is 4.58. The number of fused-ring (bicyclic) bond motifs is 1. The topological polar surface area (TPSA) is 23.5 Å². The second-order valence-corrected chi connectivity index (χ2v) is 5.72. The third kappa shape index (κ3) is 2.78. The van der Waals surface area contributed by atoms with Crippen molar-refractivity contribution in [1.29, 1.82) is 0 Å². The number of unbranched alkanes of at least 4 members (excludes halogenated alkanes) is 2. The molecule has 2 fully saturated rings. The maximum atomic E-state index is 8.78. The molecular formula is C14H27NO. The normalized spacial score (nSPS) is 35.2. The molecule has 1 saturated carbocycles. The fourth-order valence-corrected chi connectivity index (χ4v) is 3.77. The number of aliphatic hydroxyl groups excluding tert-OH is 1. The fraction of sp³-hybridized carbons (Fsp3) is 1.00. The summed E-state index contributed by atoms with van der Waals surface area (Å²) in [6.07, 6.45) is 10.7. The Labute approximate surface area is 100 Å². The van der Waals surface area contributed by atoms with Crippen LogP contribution in [0.2, 0.25) is 0 Å². The molecule has 0 radical (unpaired) electrons. The number of hydrogen-bond acceptors (Lipinski definition) is 2. The van der Waals surface area contributed by atoms with Gasteiger partial charge in [0.1, 0.15) is 0 Å². The first-order valence-corrected chi connectivity index (χ1v) is 7.19. The Kier molecular flexibility index (Phi) is 4.66. The van der Waals surface area contributed by atoms with E-state index >= 15 is 0 Å². The van der Waals surface area contributed by atoms with Crippen LogP contribution in [0.3, 0.4) is 0 Å². The lowest BCUT2D eigenvalue weighted by atomic mass is 9.85. The summed E-state index contributed by atoms with van der Waals surface area (Å²) in [7, 11) is 0. The van der Waals surface area contributed by atoms with Gasteiger partial charge in [0.15, 0.2) is 0 Å². The van der Waals surface area contributed by atoms with Gasteiger partial charge in [-0.25, -0.2) is 0 Å². The van der Waals surface area contributed by atoms with Gasteiger partial charge in [0.2, 0.25) is 0 Å². The summed E-state index contributed by atoms with van der Waals surface area (Å²) in [5.74, 6) is 1.00. The molecule has 2 nitrogen and oxygen atoms in total. The van der Waals surface area contributed by atoms with Crippen molar-refractivity contribution >= 4 is 0 Å². The van der Waals surface area contributed by atoms with Crippen molar-refractivity contribution in [3.63, 3.8) is 0 Å². The van der Waals surface area contributed by atoms with Gasteiger partial charge in [0.25, 0.3) is 0 Å². The van der Waals surface area contributed by atoms with Gasteiger partial charge in [0.05, 0.1) is 0 Å². The van der Waals surface area contributed by atoms with E-state index in [0.717, 1.165) is 24.4 Å². The molecule has 2 heteroatoms. The van der Waals surface area contributed by atoms with E-state index in [1.54, 1.807) is 0 Å². The lowest BCUT2D eigenvalue weighted by molar-refractivity contribution is 0.152. The van der Waals surface area contributed by atoms with Gasteiger partial charge in [-0.3, -0.25) is 4.90 Å². The van der Waals surface area contributed by atoms with Crippen LogP contribution in [0.25, 0.3) is 0 Å². The molecule has 0 aromatic carbocycles. The van der Waals surface area contributed by atoms with E-state index < -0.39 is 0 Å². The van der Waals surface area contributed by atoms with E-state index in [0.29, 0.717) is 6.61 Å². The molecule has 0 bridgehead atoms. The second-order valence-electron chi connectivity index (χ2n) is 5.72. The first-order valence-electron chi connectivity index (χ1n) is 7.19. The number of rotatable bonds is 5. The van der Waals surface area contributed by atoms with E-state index in [9.17, 15) is 0 Å². The Balaban J connectivity index is 1.78. The first kappa shape index (κ1) is 12.4. The molecule has 16 heavy (non-hydrogen) atoms. The zero-order valence-corrected chi connectivity index (χ0v) is 10.7. The second kappa shape index (κ2) is 6.02. The van der Waals surface area contributed by atoms with Gasteiger partial charge in [-0.2, -0.15) is 0 Å². The Bertz CT molecular complexity index is 207. The van der Waals surface area contributed by atoms with Crippen molar-refractivity contribution in [2.75, 3.05) is 13.2 Å². The molecule has 2 rings (SSSR count). The molecule has 1 heterocycles. The minimum absolute atomic E-state index is 0.363. The zero-order chi connectivity index (χ0) is 11.4. The molecular weight excluding hydrogens is 198 g/mol. The predicted octanol–water partition coefficient (Wildman–Crippen LogP) is 2.80. The molecule has 1 aliphatic heterocycles. The van der Waals surface area contributed by atoms with Gasteiger partial charge >= 0.3 is 0 Å². The molecule has 0 unspecified atom stereocenters. The van der Waals surface area contributed by atoms with Gasteiger partial charge in [0, 0.05) is 18.7 Å². The maximum Gasteiger partial charge on any atom is 0.0431 e. The molecule has 94 valence electrons. The largest absolute Gasteiger partial charge is 0.396 e. The minimum Gasteiger partial charge on any atom is -0.396 e. The van der Waals surface area contributed by atoms with Crippen LogP contribution in [0, 0.1) is 5.92 Å². The monoisotopic (exact) mass is 225 g/mol. The molecule has 0 aromatic heterocycles. The van der Waals surface area contributed by atoms with E-state index in [1.807, 2.05) is 0 Å². The standard InChI is InChI=1S/C14H27NO/c1-12-11-13-7-3-4-8-14(13)15(12)9-5-2-6-10-16/h12-14,16H,2-11H2,1H3/t12-,13-,14-/m1/s1. The smallest absolute Gasteiger partial charge is 0.0431 e. The predicted molar refractivity (Wildman–Crippen MR) is 67.5 cm³/mol. The molecule has 1 saturated heterocycles. The van der Waals surface area contributed by atoms with Crippen LogP contribution in [-0.4, -0.2) is 35.2 Å². The van der Waals surface area contributed by atoms with Crippen LogP contribution in [0.1, 0.15) is 58.3 Å². The van der Waals surface area contributed by atoms with E-state index in [1.165, 1.54) is 51.5 Å². The summed E-state index contributed by atoms with van der Waals surface area (Å²) in [5, 5.41) is 8.78. The molecule has 3 atom stereocenters. The molecule has 2 aliphatic rings. The summed E-state index contributed by atoms with van der Waals surface area (Å²) in [6, 6.07) is 1.71. The Morgan fingerprint density at radius 3 is 2.75 bits per heavy atom. The van der Waals surface area contributed by atoms with Crippen molar-refractivity contribution in [1.82, 2.24) is 4.90 Å². The Hall–Kier alpha value is -0.0800. The van der Waals surface area contributed by atoms with Crippen molar-refractivity contribution in [2.45, 2.75) is 70.4 Å². The third-order valence-corrected chi connectivity index (χ3v) is 4.58. The van der Waals surface area contributed by atoms with Crippen LogP contribution in [-0.2, 0) is 0 Å². The van der Waals surface area contributed by atoms with Crippen molar-refractivity contribution in [3.8, 4) is 0 Å². The van der Waals surface area contributed by atoms with Gasteiger partial charge in [-0.05, 0) is 57.9 Å². The van der Waals surface area contributed by atoms with Gasteiger partial charge in [-0.1, -0.05) is 12.8 Å². The molecule has 1 aliphatic carbocycles. The summed E-state index contributed by atoms with van der Waals surface area (Å²) in [6.45, 7) is 4.04. The Morgan fingerprint density at radius 1 is 1.12 bits per heavy atom. The van der Waals surface area contributed by atoms with Crippen LogP contribution < -0.4 is 0 Å². The fourth-order valence-electron chi connectivity index (χ4n) is 3.77. The number of nitrogens with zero attached hydrogens (tertiary/aromatic N) is 1. The van der Waals surface area contributed by atoms with Crippen molar-refractivity contribution in [2.24, 2.45) is 5.92 Å². The SMILES string of the molecule is C[C@@H]1C[C@H]2CCCC[C@H]2N1CCCCCO. The van der Waals surface area contributed by atoms with Gasteiger partial charge < -0.3 is 5.11 Å². The van der Waals surface area contributed by atoms with Gasteiger partial charge in [-0.15, -0.1) is 0 Å². The first-order chi connectivity index (χ1) is 7.83. The van der Waals surface area contributed by atoms with Crippen molar-refractivity contribution in [3.05, 3.63) is 0 Å². The zero-order valence-electron chi connectivity index (χ0n) is 10.7. The molecule has 0 amide bonds. The summed E-state index contributed by atoms with van der Waals surface area (Å²) in [4.78, 5) is 2.77. The van der Waals surface area contributed by atoms with Crippen LogP contribution in [0.5, 0.6) is 0 Å². The van der Waals surface area contributed by atoms with E-state index in [2.05, 4.69) is 11.8 Å². The molecule has 0 spiro atoms. The van der Waals surface area contributed by atoms with Crippen LogP contribution >= 0.6 is 0 Å². The summed E-state index contributed by atoms with van der Waals surface area (Å²) in [5.41, 5.74) is 0. The van der Waals surface area contributed by atoms with Crippen LogP contribution in [0.15, 0.2) is 0 Å². The number of hydrogen-bond donors (Lipinski definition) is 1. The quantitative estimate of drug-likeness (QED) is 0.727. The summed E-state index contributed by atoms with van der Waals surface area (Å²) < 4.78 is 0. The lowest BCUT2D eigenvalue weighted by Crippen LogP contribution is -2.38. The highest BCUT2D eigenvalue weighted by Crippen LogP contribution is 2.39. The molecule has 1 N–H and O–H groups in total.